The number of hydrogen-bond acceptors (Lipinski definition) is 6. The van der Waals surface area contributed by atoms with Crippen molar-refractivity contribution in [1.82, 2.24) is 0 Å². The average Bonchev–Trinajstić information content (AvgIpc) is 2.76. The fourth-order valence-electron chi connectivity index (χ4n) is 2.53. The van der Waals surface area contributed by atoms with E-state index < -0.39 is 30.2 Å². The van der Waals surface area contributed by atoms with Crippen molar-refractivity contribution in [3.8, 4) is 17.2 Å². The lowest BCUT2D eigenvalue weighted by molar-refractivity contribution is -0.142. The molecule has 0 aliphatic carbocycles. The standard InChI is InChI=1S/C21H19ClF3NO6/c1-29-16-8-12(9-17(30-2)20(16)31-3)4-7-19(28)32-11-18(27)26-15-10-13(21(23,24)25)5-6-14(15)22/h4-10H,11H2,1-3H3,(H,26,27). The molecule has 0 saturated heterocycles. The van der Waals surface area contributed by atoms with Crippen LogP contribution in [-0.4, -0.2) is 39.8 Å². The zero-order chi connectivity index (χ0) is 23.9. The predicted octanol–water partition coefficient (Wildman–Crippen LogP) is 4.58. The number of methoxy groups -OCH3 is 3. The van der Waals surface area contributed by atoms with Crippen LogP contribution in [0.1, 0.15) is 11.1 Å². The van der Waals surface area contributed by atoms with Crippen molar-refractivity contribution in [1.29, 1.82) is 0 Å². The van der Waals surface area contributed by atoms with Gasteiger partial charge in [0.1, 0.15) is 0 Å². The minimum absolute atomic E-state index is 0.0972. The minimum Gasteiger partial charge on any atom is -0.493 e. The maximum Gasteiger partial charge on any atom is 0.416 e. The molecule has 0 spiro atoms. The highest BCUT2D eigenvalue weighted by atomic mass is 35.5. The number of carbonyl (C=O) groups is 2. The molecule has 2 rings (SSSR count). The molecule has 172 valence electrons. The van der Waals surface area contributed by atoms with Gasteiger partial charge in [0.05, 0.1) is 37.6 Å². The van der Waals surface area contributed by atoms with E-state index in [-0.39, 0.29) is 10.7 Å². The molecular weight excluding hydrogens is 455 g/mol. The van der Waals surface area contributed by atoms with Crippen LogP contribution in [0, 0.1) is 0 Å². The van der Waals surface area contributed by atoms with Crippen LogP contribution in [0.15, 0.2) is 36.4 Å². The summed E-state index contributed by atoms with van der Waals surface area (Å²) in [7, 11) is 4.33. The molecule has 0 unspecified atom stereocenters. The SMILES string of the molecule is COc1cc(C=CC(=O)OCC(=O)Nc2cc(C(F)(F)F)ccc2Cl)cc(OC)c1OC. The van der Waals surface area contributed by atoms with E-state index in [1.165, 1.54) is 27.4 Å². The number of esters is 1. The molecule has 0 bridgehead atoms. The summed E-state index contributed by atoms with van der Waals surface area (Å²) in [4.78, 5) is 23.8. The van der Waals surface area contributed by atoms with Gasteiger partial charge in [0.15, 0.2) is 18.1 Å². The van der Waals surface area contributed by atoms with E-state index in [1.807, 2.05) is 0 Å². The normalized spacial score (nSPS) is 11.2. The van der Waals surface area contributed by atoms with Crippen molar-refractivity contribution in [2.75, 3.05) is 33.3 Å². The first-order valence-corrected chi connectivity index (χ1v) is 9.28. The molecule has 0 saturated carbocycles. The molecule has 1 N–H and O–H groups in total. The van der Waals surface area contributed by atoms with Crippen LogP contribution in [0.5, 0.6) is 17.2 Å². The molecule has 2 aromatic rings. The summed E-state index contributed by atoms with van der Waals surface area (Å²) in [5, 5.41) is 2.08. The third kappa shape index (κ3) is 6.55. The van der Waals surface area contributed by atoms with Crippen molar-refractivity contribution < 1.29 is 41.7 Å². The first-order valence-electron chi connectivity index (χ1n) is 8.90. The Morgan fingerprint density at radius 1 is 1.03 bits per heavy atom. The van der Waals surface area contributed by atoms with Gasteiger partial charge in [-0.05, 0) is 42.0 Å². The van der Waals surface area contributed by atoms with E-state index >= 15 is 0 Å². The second-order valence-corrected chi connectivity index (χ2v) is 6.55. The van der Waals surface area contributed by atoms with Crippen molar-refractivity contribution in [2.45, 2.75) is 6.18 Å². The predicted molar refractivity (Wildman–Crippen MR) is 111 cm³/mol. The number of anilines is 1. The molecule has 1 amide bonds. The van der Waals surface area contributed by atoms with Crippen molar-refractivity contribution >= 4 is 35.2 Å². The number of ether oxygens (including phenoxy) is 4. The number of alkyl halides is 3. The smallest absolute Gasteiger partial charge is 0.416 e. The number of amides is 1. The van der Waals surface area contributed by atoms with E-state index in [4.69, 9.17) is 30.5 Å². The Labute approximate surface area is 186 Å². The van der Waals surface area contributed by atoms with Gasteiger partial charge in [0.2, 0.25) is 5.75 Å². The molecule has 11 heteroatoms. The van der Waals surface area contributed by atoms with Crippen LogP contribution in [0.3, 0.4) is 0 Å². The molecule has 0 aliphatic heterocycles. The molecule has 0 heterocycles. The van der Waals surface area contributed by atoms with Gasteiger partial charge in [-0.15, -0.1) is 0 Å². The number of hydrogen-bond donors (Lipinski definition) is 1. The average molecular weight is 474 g/mol. The molecule has 2 aromatic carbocycles. The van der Waals surface area contributed by atoms with Crippen LogP contribution in [0.2, 0.25) is 5.02 Å². The van der Waals surface area contributed by atoms with Gasteiger partial charge >= 0.3 is 12.1 Å². The van der Waals surface area contributed by atoms with Gasteiger partial charge < -0.3 is 24.3 Å². The number of carbonyl (C=O) groups excluding carboxylic acids is 2. The summed E-state index contributed by atoms with van der Waals surface area (Å²) >= 11 is 5.81. The first kappa shape index (κ1) is 24.9. The summed E-state index contributed by atoms with van der Waals surface area (Å²) in [6, 6.07) is 5.66. The highest BCUT2D eigenvalue weighted by molar-refractivity contribution is 6.33. The van der Waals surface area contributed by atoms with Gasteiger partial charge in [-0.3, -0.25) is 4.79 Å². The van der Waals surface area contributed by atoms with Gasteiger partial charge in [0, 0.05) is 6.08 Å². The molecule has 0 aromatic heterocycles. The van der Waals surface area contributed by atoms with Crippen molar-refractivity contribution in [3.05, 3.63) is 52.6 Å². The molecule has 0 atom stereocenters. The molecule has 0 aliphatic rings. The Morgan fingerprint density at radius 2 is 1.66 bits per heavy atom. The Morgan fingerprint density at radius 3 is 2.19 bits per heavy atom. The quantitative estimate of drug-likeness (QED) is 0.446. The Hall–Kier alpha value is -3.40. The minimum atomic E-state index is -4.60. The third-order valence-electron chi connectivity index (χ3n) is 4.01. The molecule has 0 fully saturated rings. The second kappa shape index (κ2) is 10.8. The fourth-order valence-corrected chi connectivity index (χ4v) is 2.70. The number of benzene rings is 2. The number of rotatable bonds is 8. The van der Waals surface area contributed by atoms with Crippen LogP contribution >= 0.6 is 11.6 Å². The van der Waals surface area contributed by atoms with Gasteiger partial charge in [-0.2, -0.15) is 13.2 Å². The zero-order valence-corrected chi connectivity index (χ0v) is 18.0. The van der Waals surface area contributed by atoms with E-state index in [2.05, 4.69) is 5.32 Å². The Kier molecular flexibility index (Phi) is 8.36. The van der Waals surface area contributed by atoms with Gasteiger partial charge in [0.25, 0.3) is 5.91 Å². The van der Waals surface area contributed by atoms with Crippen molar-refractivity contribution in [2.24, 2.45) is 0 Å². The van der Waals surface area contributed by atoms with E-state index in [0.717, 1.165) is 18.2 Å². The number of nitrogens with one attached hydrogen (secondary N) is 1. The van der Waals surface area contributed by atoms with E-state index in [0.29, 0.717) is 28.9 Å². The van der Waals surface area contributed by atoms with Gasteiger partial charge in [-0.25, -0.2) is 4.79 Å². The lowest BCUT2D eigenvalue weighted by Crippen LogP contribution is -2.20. The second-order valence-electron chi connectivity index (χ2n) is 6.14. The summed E-state index contributed by atoms with van der Waals surface area (Å²) in [5.74, 6) is -0.598. The van der Waals surface area contributed by atoms with Crippen molar-refractivity contribution in [3.63, 3.8) is 0 Å². The monoisotopic (exact) mass is 473 g/mol. The largest absolute Gasteiger partial charge is 0.493 e. The summed E-state index contributed by atoms with van der Waals surface area (Å²) in [6.07, 6.45) is -2.15. The van der Waals surface area contributed by atoms with Crippen LogP contribution in [-0.2, 0) is 20.5 Å². The summed E-state index contributed by atoms with van der Waals surface area (Å²) in [5.41, 5.74) is -0.713. The summed E-state index contributed by atoms with van der Waals surface area (Å²) < 4.78 is 58.8. The summed E-state index contributed by atoms with van der Waals surface area (Å²) in [6.45, 7) is -0.731. The zero-order valence-electron chi connectivity index (χ0n) is 17.2. The number of halogens is 4. The first-order chi connectivity index (χ1) is 15.1. The van der Waals surface area contributed by atoms with Crippen LogP contribution < -0.4 is 19.5 Å². The molecule has 0 radical (unpaired) electrons. The Balaban J connectivity index is 2.00. The van der Waals surface area contributed by atoms with Crippen LogP contribution in [0.4, 0.5) is 18.9 Å². The van der Waals surface area contributed by atoms with Crippen LogP contribution in [0.25, 0.3) is 6.08 Å². The lowest BCUT2D eigenvalue weighted by Gasteiger charge is -2.12. The highest BCUT2D eigenvalue weighted by Crippen LogP contribution is 2.38. The van der Waals surface area contributed by atoms with E-state index in [1.54, 1.807) is 12.1 Å². The fraction of sp³-hybridized carbons (Fsp3) is 0.238. The molecular formula is C21H19ClF3NO6. The molecule has 7 nitrogen and oxygen atoms in total. The third-order valence-corrected chi connectivity index (χ3v) is 4.34. The molecule has 32 heavy (non-hydrogen) atoms. The maximum atomic E-state index is 12.8. The topological polar surface area (TPSA) is 83.1 Å². The lowest BCUT2D eigenvalue weighted by atomic mass is 10.1. The highest BCUT2D eigenvalue weighted by Gasteiger charge is 2.31. The maximum absolute atomic E-state index is 12.8. The Bertz CT molecular complexity index is 998. The van der Waals surface area contributed by atoms with Gasteiger partial charge in [-0.1, -0.05) is 11.6 Å². The van der Waals surface area contributed by atoms with E-state index in [9.17, 15) is 22.8 Å².